The van der Waals surface area contributed by atoms with Gasteiger partial charge in [-0.25, -0.2) is 9.78 Å². The standard InChI is InChI=1S/C15H21BrN2O2/c1-14(2,3)20-13(19)18-15(8-4-5-9-15)11-6-7-12(16)17-10-11/h6-7,10H,4-5,8-9H2,1-3H3,(H,18,19). The van der Waals surface area contributed by atoms with E-state index in [1.54, 1.807) is 0 Å². The Morgan fingerprint density at radius 2 is 2.00 bits per heavy atom. The predicted octanol–water partition coefficient (Wildman–Crippen LogP) is 4.14. The van der Waals surface area contributed by atoms with Crippen LogP contribution in [0.15, 0.2) is 22.9 Å². The molecule has 1 amide bonds. The molecule has 2 rings (SSSR count). The van der Waals surface area contributed by atoms with E-state index in [0.717, 1.165) is 35.8 Å². The summed E-state index contributed by atoms with van der Waals surface area (Å²) in [5.74, 6) is 0. The van der Waals surface area contributed by atoms with Gasteiger partial charge in [0.15, 0.2) is 0 Å². The zero-order chi connectivity index (χ0) is 14.8. The van der Waals surface area contributed by atoms with Gasteiger partial charge < -0.3 is 10.1 Å². The van der Waals surface area contributed by atoms with E-state index in [1.165, 1.54) is 0 Å². The monoisotopic (exact) mass is 340 g/mol. The molecule has 0 radical (unpaired) electrons. The van der Waals surface area contributed by atoms with Crippen molar-refractivity contribution in [2.45, 2.75) is 57.6 Å². The summed E-state index contributed by atoms with van der Waals surface area (Å²) in [4.78, 5) is 16.4. The maximum atomic E-state index is 12.1. The van der Waals surface area contributed by atoms with E-state index in [-0.39, 0.29) is 11.6 Å². The van der Waals surface area contributed by atoms with E-state index in [4.69, 9.17) is 4.74 Å². The van der Waals surface area contributed by atoms with Crippen molar-refractivity contribution in [2.75, 3.05) is 0 Å². The molecule has 110 valence electrons. The summed E-state index contributed by atoms with van der Waals surface area (Å²) in [5.41, 5.74) is 0.224. The van der Waals surface area contributed by atoms with Gasteiger partial charge in [-0.15, -0.1) is 0 Å². The van der Waals surface area contributed by atoms with Crippen molar-refractivity contribution in [3.05, 3.63) is 28.5 Å². The Labute approximate surface area is 128 Å². The smallest absolute Gasteiger partial charge is 0.408 e. The molecular formula is C15H21BrN2O2. The Kier molecular flexibility index (Phi) is 4.37. The Balaban J connectivity index is 2.18. The van der Waals surface area contributed by atoms with Crippen LogP contribution in [0.3, 0.4) is 0 Å². The molecule has 1 aliphatic carbocycles. The van der Waals surface area contributed by atoms with Crippen molar-refractivity contribution in [3.63, 3.8) is 0 Å². The van der Waals surface area contributed by atoms with Gasteiger partial charge in [0.1, 0.15) is 10.2 Å². The number of hydrogen-bond donors (Lipinski definition) is 1. The van der Waals surface area contributed by atoms with Crippen LogP contribution in [-0.4, -0.2) is 16.7 Å². The van der Waals surface area contributed by atoms with Crippen LogP contribution in [0.5, 0.6) is 0 Å². The van der Waals surface area contributed by atoms with Gasteiger partial charge in [-0.3, -0.25) is 0 Å². The van der Waals surface area contributed by atoms with Crippen LogP contribution in [0.25, 0.3) is 0 Å². The number of pyridine rings is 1. The zero-order valence-corrected chi connectivity index (χ0v) is 13.8. The highest BCUT2D eigenvalue weighted by Gasteiger charge is 2.38. The minimum absolute atomic E-state index is 0.337. The summed E-state index contributed by atoms with van der Waals surface area (Å²) in [7, 11) is 0. The molecule has 1 aromatic rings. The Hall–Kier alpha value is -1.10. The molecule has 0 aromatic carbocycles. The number of hydrogen-bond acceptors (Lipinski definition) is 3. The summed E-state index contributed by atoms with van der Waals surface area (Å²) < 4.78 is 6.19. The van der Waals surface area contributed by atoms with Crippen LogP contribution in [0.4, 0.5) is 4.79 Å². The molecule has 20 heavy (non-hydrogen) atoms. The Morgan fingerprint density at radius 1 is 1.35 bits per heavy atom. The van der Waals surface area contributed by atoms with Crippen LogP contribution in [0.1, 0.15) is 52.0 Å². The van der Waals surface area contributed by atoms with Gasteiger partial charge in [-0.2, -0.15) is 0 Å². The first-order valence-corrected chi connectivity index (χ1v) is 7.73. The predicted molar refractivity (Wildman–Crippen MR) is 81.5 cm³/mol. The van der Waals surface area contributed by atoms with Gasteiger partial charge in [-0.05, 0) is 61.2 Å². The van der Waals surface area contributed by atoms with Gasteiger partial charge in [0.05, 0.1) is 5.54 Å². The van der Waals surface area contributed by atoms with Crippen LogP contribution >= 0.6 is 15.9 Å². The van der Waals surface area contributed by atoms with Crippen molar-refractivity contribution in [3.8, 4) is 0 Å². The molecule has 1 aromatic heterocycles. The SMILES string of the molecule is CC(C)(C)OC(=O)NC1(c2ccc(Br)nc2)CCCC1. The van der Waals surface area contributed by atoms with E-state index in [9.17, 15) is 4.79 Å². The lowest BCUT2D eigenvalue weighted by molar-refractivity contribution is 0.0453. The number of carbonyl (C=O) groups is 1. The number of aromatic nitrogens is 1. The van der Waals surface area contributed by atoms with Crippen LogP contribution in [0, 0.1) is 0 Å². The van der Waals surface area contributed by atoms with Crippen LogP contribution in [-0.2, 0) is 10.3 Å². The van der Waals surface area contributed by atoms with E-state index in [1.807, 2.05) is 39.1 Å². The molecule has 5 heteroatoms. The minimum Gasteiger partial charge on any atom is -0.444 e. The molecule has 0 aliphatic heterocycles. The van der Waals surface area contributed by atoms with Gasteiger partial charge in [-0.1, -0.05) is 18.9 Å². The topological polar surface area (TPSA) is 51.2 Å². The summed E-state index contributed by atoms with van der Waals surface area (Å²) >= 11 is 3.34. The van der Waals surface area contributed by atoms with E-state index >= 15 is 0 Å². The largest absolute Gasteiger partial charge is 0.444 e. The summed E-state index contributed by atoms with van der Waals surface area (Å²) in [6.45, 7) is 5.61. The first-order chi connectivity index (χ1) is 9.31. The normalized spacial score (nSPS) is 17.8. The van der Waals surface area contributed by atoms with Crippen molar-refractivity contribution < 1.29 is 9.53 Å². The molecule has 0 unspecified atom stereocenters. The molecule has 0 bridgehead atoms. The molecule has 1 heterocycles. The number of ether oxygens (including phenoxy) is 1. The van der Waals surface area contributed by atoms with E-state index < -0.39 is 5.60 Å². The van der Waals surface area contributed by atoms with Crippen molar-refractivity contribution >= 4 is 22.0 Å². The van der Waals surface area contributed by atoms with Crippen LogP contribution < -0.4 is 5.32 Å². The van der Waals surface area contributed by atoms with Gasteiger partial charge in [0.25, 0.3) is 0 Å². The summed E-state index contributed by atoms with van der Waals surface area (Å²) in [5, 5.41) is 3.07. The Morgan fingerprint density at radius 3 is 2.50 bits per heavy atom. The second kappa shape index (κ2) is 5.72. The average Bonchev–Trinajstić information content (AvgIpc) is 2.76. The second-order valence-corrected chi connectivity index (χ2v) is 7.10. The molecule has 1 aliphatic rings. The number of alkyl carbamates (subject to hydrolysis) is 1. The van der Waals surface area contributed by atoms with Crippen LogP contribution in [0.2, 0.25) is 0 Å². The third-order valence-electron chi connectivity index (χ3n) is 3.48. The van der Waals surface area contributed by atoms with Crippen molar-refractivity contribution in [1.82, 2.24) is 10.3 Å². The minimum atomic E-state index is -0.484. The number of carbonyl (C=O) groups excluding carboxylic acids is 1. The first kappa shape index (κ1) is 15.3. The summed E-state index contributed by atoms with van der Waals surface area (Å²) in [6, 6.07) is 3.92. The lowest BCUT2D eigenvalue weighted by atomic mass is 9.89. The fourth-order valence-electron chi connectivity index (χ4n) is 2.62. The van der Waals surface area contributed by atoms with E-state index in [0.29, 0.717) is 0 Å². The summed E-state index contributed by atoms with van der Waals surface area (Å²) in [6.07, 6.45) is 5.53. The lowest BCUT2D eigenvalue weighted by Crippen LogP contribution is -2.46. The highest BCUT2D eigenvalue weighted by molar-refractivity contribution is 9.10. The third kappa shape index (κ3) is 3.72. The molecule has 0 saturated heterocycles. The molecule has 0 spiro atoms. The maximum Gasteiger partial charge on any atom is 0.408 e. The number of halogens is 1. The Bertz CT molecular complexity index is 474. The molecule has 4 nitrogen and oxygen atoms in total. The third-order valence-corrected chi connectivity index (χ3v) is 3.95. The lowest BCUT2D eigenvalue weighted by Gasteiger charge is -2.32. The van der Waals surface area contributed by atoms with Gasteiger partial charge >= 0.3 is 6.09 Å². The number of nitrogens with zero attached hydrogens (tertiary/aromatic N) is 1. The zero-order valence-electron chi connectivity index (χ0n) is 12.2. The number of rotatable bonds is 2. The second-order valence-electron chi connectivity index (χ2n) is 6.29. The molecular weight excluding hydrogens is 320 g/mol. The van der Waals surface area contributed by atoms with Crippen molar-refractivity contribution in [1.29, 1.82) is 0 Å². The van der Waals surface area contributed by atoms with Gasteiger partial charge in [0.2, 0.25) is 0 Å². The molecule has 0 atom stereocenters. The van der Waals surface area contributed by atoms with Crippen molar-refractivity contribution in [2.24, 2.45) is 0 Å². The number of amides is 1. The maximum absolute atomic E-state index is 12.1. The molecule has 1 saturated carbocycles. The van der Waals surface area contributed by atoms with Gasteiger partial charge in [0, 0.05) is 6.20 Å². The average molecular weight is 341 g/mol. The quantitative estimate of drug-likeness (QED) is 0.823. The van der Waals surface area contributed by atoms with E-state index in [2.05, 4.69) is 26.2 Å². The number of nitrogens with one attached hydrogen (secondary N) is 1. The highest BCUT2D eigenvalue weighted by atomic mass is 79.9. The first-order valence-electron chi connectivity index (χ1n) is 6.94. The molecule has 1 fully saturated rings. The fourth-order valence-corrected chi connectivity index (χ4v) is 2.86. The highest BCUT2D eigenvalue weighted by Crippen LogP contribution is 2.38. The fraction of sp³-hybridized carbons (Fsp3) is 0.600. The molecule has 1 N–H and O–H groups in total.